The molecule has 1 saturated carbocycles. The summed E-state index contributed by atoms with van der Waals surface area (Å²) >= 11 is 0. The van der Waals surface area contributed by atoms with Crippen LogP contribution in [-0.2, 0) is 11.3 Å². The van der Waals surface area contributed by atoms with Crippen LogP contribution in [-0.4, -0.2) is 23.1 Å². The maximum Gasteiger partial charge on any atom is 0.252 e. The third-order valence-electron chi connectivity index (χ3n) is 2.01. The highest BCUT2D eigenvalue weighted by atomic mass is 16.5. The summed E-state index contributed by atoms with van der Waals surface area (Å²) in [5, 5.41) is 3.13. The average molecular weight is 195 g/mol. The monoisotopic (exact) mass is 195 g/mol. The lowest BCUT2D eigenvalue weighted by atomic mass is 10.4. The van der Waals surface area contributed by atoms with E-state index in [4.69, 9.17) is 4.74 Å². The van der Waals surface area contributed by atoms with Gasteiger partial charge in [-0.25, -0.2) is 4.98 Å². The molecule has 2 rings (SSSR count). The van der Waals surface area contributed by atoms with Gasteiger partial charge in [-0.15, -0.1) is 0 Å². The van der Waals surface area contributed by atoms with E-state index in [-0.39, 0.29) is 5.56 Å². The van der Waals surface area contributed by atoms with Gasteiger partial charge in [0.25, 0.3) is 5.56 Å². The molecule has 5 nitrogen and oxygen atoms in total. The summed E-state index contributed by atoms with van der Waals surface area (Å²) in [6.45, 7) is 0.364. The largest absolute Gasteiger partial charge is 0.378 e. The van der Waals surface area contributed by atoms with Gasteiger partial charge in [0.15, 0.2) is 0 Å². The first-order chi connectivity index (χ1) is 6.78. The summed E-state index contributed by atoms with van der Waals surface area (Å²) in [5.74, 6) is 0.548. The van der Waals surface area contributed by atoms with Crippen LogP contribution in [0.5, 0.6) is 0 Å². The van der Waals surface area contributed by atoms with Crippen molar-refractivity contribution < 1.29 is 4.74 Å². The molecule has 0 saturated heterocycles. The Labute approximate surface area is 81.5 Å². The van der Waals surface area contributed by atoms with Crippen molar-refractivity contribution in [2.75, 3.05) is 12.4 Å². The molecule has 1 aliphatic carbocycles. The minimum atomic E-state index is -0.143. The molecule has 76 valence electrons. The third kappa shape index (κ3) is 2.32. The first-order valence-corrected chi connectivity index (χ1v) is 4.63. The molecule has 2 N–H and O–H groups in total. The lowest BCUT2D eigenvalue weighted by Gasteiger charge is -2.04. The zero-order valence-electron chi connectivity index (χ0n) is 8.04. The number of hydrogen-bond acceptors (Lipinski definition) is 4. The van der Waals surface area contributed by atoms with Gasteiger partial charge in [0, 0.05) is 19.2 Å². The molecule has 1 aromatic rings. The minimum absolute atomic E-state index is 0.143. The standard InChI is InChI=1S/C9H13N3O2/c1-14-5-7-4-8(13)12-9(11-7)10-6-2-3-6/h4,6H,2-3,5H2,1H3,(H2,10,11,12,13). The predicted molar refractivity (Wildman–Crippen MR) is 52.2 cm³/mol. The van der Waals surface area contributed by atoms with Crippen LogP contribution in [0.15, 0.2) is 10.9 Å². The van der Waals surface area contributed by atoms with E-state index in [1.54, 1.807) is 7.11 Å². The molecule has 0 amide bonds. The minimum Gasteiger partial charge on any atom is -0.378 e. The molecule has 0 unspecified atom stereocenters. The van der Waals surface area contributed by atoms with Gasteiger partial charge in [-0.05, 0) is 12.8 Å². The molecule has 0 bridgehead atoms. The SMILES string of the molecule is COCc1cc(=O)[nH]c(NC2CC2)n1. The van der Waals surface area contributed by atoms with Crippen LogP contribution in [0.25, 0.3) is 0 Å². The highest BCUT2D eigenvalue weighted by Crippen LogP contribution is 2.22. The van der Waals surface area contributed by atoms with Crippen molar-refractivity contribution in [2.24, 2.45) is 0 Å². The first-order valence-electron chi connectivity index (χ1n) is 4.63. The van der Waals surface area contributed by atoms with Crippen LogP contribution in [0.2, 0.25) is 0 Å². The van der Waals surface area contributed by atoms with Gasteiger partial charge >= 0.3 is 0 Å². The number of nitrogens with one attached hydrogen (secondary N) is 2. The van der Waals surface area contributed by atoms with Gasteiger partial charge in [-0.3, -0.25) is 9.78 Å². The molecular formula is C9H13N3O2. The lowest BCUT2D eigenvalue weighted by Crippen LogP contribution is -2.15. The summed E-state index contributed by atoms with van der Waals surface area (Å²) in [6.07, 6.45) is 2.30. The van der Waals surface area contributed by atoms with E-state index in [1.165, 1.54) is 6.07 Å². The molecule has 0 aliphatic heterocycles. The third-order valence-corrected chi connectivity index (χ3v) is 2.01. The number of methoxy groups -OCH3 is 1. The van der Waals surface area contributed by atoms with Gasteiger partial charge in [0.05, 0.1) is 12.3 Å². The number of hydrogen-bond donors (Lipinski definition) is 2. The van der Waals surface area contributed by atoms with Gasteiger partial charge in [-0.2, -0.15) is 0 Å². The number of aromatic nitrogens is 2. The molecular weight excluding hydrogens is 182 g/mol. The first kappa shape index (κ1) is 9.21. The average Bonchev–Trinajstić information content (AvgIpc) is 2.87. The normalized spacial score (nSPS) is 15.5. The van der Waals surface area contributed by atoms with Crippen molar-refractivity contribution in [2.45, 2.75) is 25.5 Å². The summed E-state index contributed by atoms with van der Waals surface area (Å²) in [7, 11) is 1.58. The summed E-state index contributed by atoms with van der Waals surface area (Å²) < 4.78 is 4.92. The topological polar surface area (TPSA) is 67.0 Å². The van der Waals surface area contributed by atoms with Crippen molar-refractivity contribution in [3.05, 3.63) is 22.1 Å². The van der Waals surface area contributed by atoms with Crippen LogP contribution in [0, 0.1) is 0 Å². The molecule has 1 aromatic heterocycles. The Morgan fingerprint density at radius 3 is 3.14 bits per heavy atom. The van der Waals surface area contributed by atoms with Crippen LogP contribution in [0.4, 0.5) is 5.95 Å². The molecule has 0 aromatic carbocycles. The maximum absolute atomic E-state index is 11.2. The summed E-state index contributed by atoms with van der Waals surface area (Å²) in [5.41, 5.74) is 0.509. The fourth-order valence-electron chi connectivity index (χ4n) is 1.22. The quantitative estimate of drug-likeness (QED) is 0.733. The number of H-pyrrole nitrogens is 1. The van der Waals surface area contributed by atoms with Crippen molar-refractivity contribution in [1.29, 1.82) is 0 Å². The number of rotatable bonds is 4. The molecule has 0 spiro atoms. The maximum atomic E-state index is 11.2. The lowest BCUT2D eigenvalue weighted by molar-refractivity contribution is 0.181. The highest BCUT2D eigenvalue weighted by Gasteiger charge is 2.21. The molecule has 0 radical (unpaired) electrons. The zero-order chi connectivity index (χ0) is 9.97. The fourth-order valence-corrected chi connectivity index (χ4v) is 1.22. The number of aromatic amines is 1. The Morgan fingerprint density at radius 2 is 2.50 bits per heavy atom. The second kappa shape index (κ2) is 3.79. The summed E-state index contributed by atoms with van der Waals surface area (Å²) in [6, 6.07) is 1.93. The van der Waals surface area contributed by atoms with E-state index in [0.29, 0.717) is 24.3 Å². The molecule has 1 heterocycles. The second-order valence-electron chi connectivity index (χ2n) is 3.44. The van der Waals surface area contributed by atoms with Crippen LogP contribution in [0.3, 0.4) is 0 Å². The number of nitrogens with zero attached hydrogens (tertiary/aromatic N) is 1. The molecule has 1 aliphatic rings. The van der Waals surface area contributed by atoms with Crippen LogP contribution in [0.1, 0.15) is 18.5 Å². The summed E-state index contributed by atoms with van der Waals surface area (Å²) in [4.78, 5) is 18.1. The Hall–Kier alpha value is -1.36. The van der Waals surface area contributed by atoms with E-state index in [0.717, 1.165) is 12.8 Å². The zero-order valence-corrected chi connectivity index (χ0v) is 8.04. The van der Waals surface area contributed by atoms with Crippen molar-refractivity contribution in [3.63, 3.8) is 0 Å². The fraction of sp³-hybridized carbons (Fsp3) is 0.556. The predicted octanol–water partition coefficient (Wildman–Crippen LogP) is 0.491. The van der Waals surface area contributed by atoms with E-state index in [1.807, 2.05) is 0 Å². The Balaban J connectivity index is 2.16. The van der Waals surface area contributed by atoms with Gasteiger partial charge in [0.2, 0.25) is 5.95 Å². The molecule has 0 atom stereocenters. The number of anilines is 1. The van der Waals surface area contributed by atoms with E-state index in [9.17, 15) is 4.79 Å². The van der Waals surface area contributed by atoms with Gasteiger partial charge in [0.1, 0.15) is 0 Å². The molecule has 14 heavy (non-hydrogen) atoms. The second-order valence-corrected chi connectivity index (χ2v) is 3.44. The molecule has 1 fully saturated rings. The van der Waals surface area contributed by atoms with E-state index < -0.39 is 0 Å². The van der Waals surface area contributed by atoms with Gasteiger partial charge < -0.3 is 10.1 Å². The Bertz CT molecular complexity index is 371. The van der Waals surface area contributed by atoms with Crippen LogP contribution < -0.4 is 10.9 Å². The van der Waals surface area contributed by atoms with Crippen molar-refractivity contribution >= 4 is 5.95 Å². The van der Waals surface area contributed by atoms with Crippen LogP contribution >= 0.6 is 0 Å². The highest BCUT2D eigenvalue weighted by molar-refractivity contribution is 5.28. The smallest absolute Gasteiger partial charge is 0.252 e. The van der Waals surface area contributed by atoms with Gasteiger partial charge in [-0.1, -0.05) is 0 Å². The van der Waals surface area contributed by atoms with Crippen molar-refractivity contribution in [1.82, 2.24) is 9.97 Å². The Morgan fingerprint density at radius 1 is 1.71 bits per heavy atom. The molecule has 5 heteroatoms. The van der Waals surface area contributed by atoms with E-state index in [2.05, 4.69) is 15.3 Å². The van der Waals surface area contributed by atoms with E-state index >= 15 is 0 Å². The Kier molecular flexibility index (Phi) is 2.49. The van der Waals surface area contributed by atoms with Crippen molar-refractivity contribution in [3.8, 4) is 0 Å². The number of ether oxygens (including phenoxy) is 1.